The highest BCUT2D eigenvalue weighted by molar-refractivity contribution is 14.1. The van der Waals surface area contributed by atoms with E-state index in [2.05, 4.69) is 40.0 Å². The fraction of sp³-hybridized carbons (Fsp3) is 0.364. The highest BCUT2D eigenvalue weighted by atomic mass is 127. The van der Waals surface area contributed by atoms with Gasteiger partial charge in [0.1, 0.15) is 5.84 Å². The number of benzene rings is 1. The number of nitrogens with one attached hydrogen (secondary N) is 1. The Morgan fingerprint density at radius 3 is 2.81 bits per heavy atom. The minimum Gasteiger partial charge on any atom is -0.409 e. The van der Waals surface area contributed by atoms with Crippen molar-refractivity contribution in [1.29, 1.82) is 0 Å². The van der Waals surface area contributed by atoms with Crippen molar-refractivity contribution < 1.29 is 5.21 Å². The third-order valence-electron chi connectivity index (χ3n) is 2.31. The van der Waals surface area contributed by atoms with Gasteiger partial charge in [0.15, 0.2) is 0 Å². The third-order valence-corrected chi connectivity index (χ3v) is 3.25. The van der Waals surface area contributed by atoms with Gasteiger partial charge in [-0.15, -0.1) is 0 Å². The first-order valence-corrected chi connectivity index (χ1v) is 6.22. The summed E-state index contributed by atoms with van der Waals surface area (Å²) in [5.74, 6) is 0.255. The molecule has 5 heteroatoms. The topological polar surface area (TPSA) is 70.6 Å². The number of oxime groups is 1. The predicted octanol–water partition coefficient (Wildman–Crippen LogP) is 2.62. The first-order chi connectivity index (χ1) is 7.67. The summed E-state index contributed by atoms with van der Waals surface area (Å²) in [5, 5.41) is 14.9. The van der Waals surface area contributed by atoms with E-state index in [1.165, 1.54) is 0 Å². The summed E-state index contributed by atoms with van der Waals surface area (Å²) in [4.78, 5) is 0. The Hall–Kier alpha value is -0.980. The van der Waals surface area contributed by atoms with Crippen LogP contribution in [0.3, 0.4) is 0 Å². The van der Waals surface area contributed by atoms with Gasteiger partial charge in [0.05, 0.1) is 0 Å². The molecular weight excluding hydrogens is 317 g/mol. The molecule has 4 N–H and O–H groups in total. The van der Waals surface area contributed by atoms with Crippen molar-refractivity contribution in [1.82, 2.24) is 0 Å². The van der Waals surface area contributed by atoms with Crippen molar-refractivity contribution in [3.8, 4) is 0 Å². The summed E-state index contributed by atoms with van der Waals surface area (Å²) in [6.45, 7) is 2.07. The molecule has 1 aromatic carbocycles. The number of nitrogens with two attached hydrogens (primary N) is 1. The molecule has 0 saturated heterocycles. The molecule has 0 fully saturated rings. The van der Waals surface area contributed by atoms with Crippen LogP contribution in [0, 0.1) is 3.57 Å². The molecule has 0 heterocycles. The van der Waals surface area contributed by atoms with Crippen LogP contribution in [0.5, 0.6) is 0 Å². The van der Waals surface area contributed by atoms with Gasteiger partial charge in [-0.1, -0.05) is 24.2 Å². The molecule has 0 aromatic heterocycles. The van der Waals surface area contributed by atoms with Gasteiger partial charge >= 0.3 is 0 Å². The van der Waals surface area contributed by atoms with Crippen LogP contribution in [0.25, 0.3) is 0 Å². The number of rotatable bonds is 5. The van der Waals surface area contributed by atoms with E-state index in [9.17, 15) is 0 Å². The SMILES string of the molecule is CCC(CC(N)=NO)Nc1ccccc1I. The Morgan fingerprint density at radius 2 is 2.25 bits per heavy atom. The summed E-state index contributed by atoms with van der Waals surface area (Å²) in [5.41, 5.74) is 6.58. The van der Waals surface area contributed by atoms with Gasteiger partial charge in [-0.05, 0) is 41.1 Å². The van der Waals surface area contributed by atoms with Gasteiger partial charge < -0.3 is 16.3 Å². The second-order valence-corrected chi connectivity index (χ2v) is 4.69. The Labute approximate surface area is 109 Å². The number of hydrogen-bond donors (Lipinski definition) is 3. The van der Waals surface area contributed by atoms with Crippen LogP contribution in [0.4, 0.5) is 5.69 Å². The summed E-state index contributed by atoms with van der Waals surface area (Å²) < 4.78 is 1.16. The van der Waals surface area contributed by atoms with E-state index in [0.717, 1.165) is 15.7 Å². The van der Waals surface area contributed by atoms with Crippen molar-refractivity contribution >= 4 is 34.1 Å². The average Bonchev–Trinajstić information content (AvgIpc) is 2.30. The number of amidine groups is 1. The summed E-state index contributed by atoms with van der Waals surface area (Å²) in [7, 11) is 0. The van der Waals surface area contributed by atoms with Gasteiger partial charge in [-0.25, -0.2) is 0 Å². The van der Waals surface area contributed by atoms with Crippen molar-refractivity contribution in [3.05, 3.63) is 27.8 Å². The Morgan fingerprint density at radius 1 is 1.56 bits per heavy atom. The predicted molar refractivity (Wildman–Crippen MR) is 74.9 cm³/mol. The third kappa shape index (κ3) is 3.88. The standard InChI is InChI=1S/C11H16IN3O/c1-2-8(7-11(13)15-16)14-10-6-4-3-5-9(10)12/h3-6,8,14,16H,2,7H2,1H3,(H2,13,15). The van der Waals surface area contributed by atoms with E-state index < -0.39 is 0 Å². The first kappa shape index (κ1) is 13.1. The lowest BCUT2D eigenvalue weighted by molar-refractivity contribution is 0.316. The molecule has 0 amide bonds. The minimum absolute atomic E-state index is 0.187. The van der Waals surface area contributed by atoms with Crippen LogP contribution in [-0.2, 0) is 0 Å². The molecule has 0 aliphatic rings. The van der Waals surface area contributed by atoms with E-state index in [4.69, 9.17) is 10.9 Å². The van der Waals surface area contributed by atoms with Crippen molar-refractivity contribution in [3.63, 3.8) is 0 Å². The lowest BCUT2D eigenvalue weighted by atomic mass is 10.1. The number of anilines is 1. The van der Waals surface area contributed by atoms with E-state index in [1.54, 1.807) is 0 Å². The summed E-state index contributed by atoms with van der Waals surface area (Å²) >= 11 is 2.28. The van der Waals surface area contributed by atoms with Gasteiger partial charge in [0.2, 0.25) is 0 Å². The minimum atomic E-state index is 0.187. The molecule has 88 valence electrons. The molecule has 16 heavy (non-hydrogen) atoms. The number of nitrogens with zero attached hydrogens (tertiary/aromatic N) is 1. The molecule has 1 aromatic rings. The zero-order valence-electron chi connectivity index (χ0n) is 9.15. The highest BCUT2D eigenvalue weighted by Gasteiger charge is 2.09. The normalized spacial score (nSPS) is 13.5. The molecule has 1 atom stereocenters. The van der Waals surface area contributed by atoms with Crippen LogP contribution in [0.1, 0.15) is 19.8 Å². The van der Waals surface area contributed by atoms with E-state index >= 15 is 0 Å². The molecule has 4 nitrogen and oxygen atoms in total. The molecule has 0 aliphatic carbocycles. The molecule has 0 bridgehead atoms. The summed E-state index contributed by atoms with van der Waals surface area (Å²) in [6.07, 6.45) is 1.46. The lowest BCUT2D eigenvalue weighted by Crippen LogP contribution is -2.26. The van der Waals surface area contributed by atoms with E-state index in [1.807, 2.05) is 24.3 Å². The van der Waals surface area contributed by atoms with Crippen LogP contribution in [0.15, 0.2) is 29.4 Å². The van der Waals surface area contributed by atoms with Gasteiger partial charge in [-0.2, -0.15) is 0 Å². The average molecular weight is 333 g/mol. The molecular formula is C11H16IN3O. The number of hydrogen-bond acceptors (Lipinski definition) is 3. The monoisotopic (exact) mass is 333 g/mol. The van der Waals surface area contributed by atoms with Crippen molar-refractivity contribution in [2.75, 3.05) is 5.32 Å². The zero-order valence-corrected chi connectivity index (χ0v) is 11.3. The van der Waals surface area contributed by atoms with E-state index in [-0.39, 0.29) is 11.9 Å². The second-order valence-electron chi connectivity index (χ2n) is 3.52. The largest absolute Gasteiger partial charge is 0.409 e. The Kier molecular flexibility index (Phi) is 5.37. The van der Waals surface area contributed by atoms with Crippen LogP contribution in [-0.4, -0.2) is 17.1 Å². The fourth-order valence-corrected chi connectivity index (χ4v) is 1.93. The highest BCUT2D eigenvalue weighted by Crippen LogP contribution is 2.19. The van der Waals surface area contributed by atoms with Gasteiger partial charge in [0, 0.05) is 21.7 Å². The van der Waals surface area contributed by atoms with Crippen molar-refractivity contribution in [2.45, 2.75) is 25.8 Å². The van der Waals surface area contributed by atoms with Gasteiger partial charge in [0.25, 0.3) is 0 Å². The molecule has 0 saturated carbocycles. The van der Waals surface area contributed by atoms with Crippen LogP contribution >= 0.6 is 22.6 Å². The lowest BCUT2D eigenvalue weighted by Gasteiger charge is -2.18. The quantitative estimate of drug-likeness (QED) is 0.255. The fourth-order valence-electron chi connectivity index (χ4n) is 1.39. The molecule has 0 radical (unpaired) electrons. The summed E-state index contributed by atoms with van der Waals surface area (Å²) in [6, 6.07) is 8.24. The zero-order chi connectivity index (χ0) is 12.0. The maximum Gasteiger partial charge on any atom is 0.141 e. The molecule has 0 aliphatic heterocycles. The van der Waals surface area contributed by atoms with Gasteiger partial charge in [-0.3, -0.25) is 0 Å². The smallest absolute Gasteiger partial charge is 0.141 e. The van der Waals surface area contributed by atoms with Crippen LogP contribution < -0.4 is 11.1 Å². The Balaban J connectivity index is 2.67. The van der Waals surface area contributed by atoms with E-state index in [0.29, 0.717) is 6.42 Å². The van der Waals surface area contributed by atoms with Crippen LogP contribution in [0.2, 0.25) is 0 Å². The second kappa shape index (κ2) is 6.57. The molecule has 1 rings (SSSR count). The number of halogens is 1. The first-order valence-electron chi connectivity index (χ1n) is 5.14. The maximum absolute atomic E-state index is 8.53. The molecule has 0 spiro atoms. The Bertz CT molecular complexity index is 368. The number of para-hydroxylation sites is 1. The maximum atomic E-state index is 8.53. The molecule has 1 unspecified atom stereocenters. The van der Waals surface area contributed by atoms with Crippen molar-refractivity contribution in [2.24, 2.45) is 10.9 Å².